The van der Waals surface area contributed by atoms with Crippen LogP contribution >= 0.6 is 0 Å². The molecular weight excluding hydrogens is 94.5 g/mol. The summed E-state index contributed by atoms with van der Waals surface area (Å²) in [5.41, 5.74) is 0. The quantitative estimate of drug-likeness (QED) is 0.422. The summed E-state index contributed by atoms with van der Waals surface area (Å²) < 4.78 is 23.1. The molecule has 1 aliphatic heterocycles. The van der Waals surface area contributed by atoms with Crippen LogP contribution in [-0.4, -0.2) is 21.0 Å². The molecule has 0 aromatic carbocycles. The third-order valence-electron chi connectivity index (χ3n) is 1.30. The molecule has 0 aromatic rings. The second-order valence-corrected chi connectivity index (χ2v) is 1.95. The summed E-state index contributed by atoms with van der Waals surface area (Å²) in [6, 6.07) is 0. The van der Waals surface area contributed by atoms with Crippen molar-refractivity contribution in [1.82, 2.24) is 0 Å². The number of hydrogen-bond donors (Lipinski definition) is 0. The number of halogens is 2. The summed E-state index contributed by atoms with van der Waals surface area (Å²) in [7, 11) is 0.579. The predicted molar refractivity (Wildman–Crippen MR) is 29.1 cm³/mol. The maximum Gasteiger partial charge on any atom is 0.333 e. The SMILES string of the molecule is F[B]B1CB(F)C1. The molecule has 1 saturated heterocycles. The van der Waals surface area contributed by atoms with E-state index in [2.05, 4.69) is 0 Å². The lowest BCUT2D eigenvalue weighted by Gasteiger charge is -2.18. The van der Waals surface area contributed by atoms with Crippen LogP contribution < -0.4 is 0 Å². The first-order valence-electron chi connectivity index (χ1n) is 2.40. The van der Waals surface area contributed by atoms with E-state index in [1.807, 2.05) is 0 Å². The van der Waals surface area contributed by atoms with Crippen molar-refractivity contribution >= 4 is 21.0 Å². The van der Waals surface area contributed by atoms with Gasteiger partial charge in [0.05, 0.1) is 0 Å². The van der Waals surface area contributed by atoms with E-state index < -0.39 is 6.99 Å². The Morgan fingerprint density at radius 3 is 2.14 bits per heavy atom. The van der Waals surface area contributed by atoms with E-state index in [0.717, 1.165) is 0 Å². The molecule has 0 saturated carbocycles. The highest BCUT2D eigenvalue weighted by molar-refractivity contribution is 7.21. The lowest BCUT2D eigenvalue weighted by atomic mass is 9.06. The molecule has 1 fully saturated rings. The molecule has 5 heteroatoms. The van der Waals surface area contributed by atoms with Gasteiger partial charge in [-0.15, -0.1) is 0 Å². The fourth-order valence-electron chi connectivity index (χ4n) is 0.691. The molecule has 0 amide bonds. The summed E-state index contributed by atoms with van der Waals surface area (Å²) in [5, 5.41) is 0. The Morgan fingerprint density at radius 2 is 2.00 bits per heavy atom. The van der Waals surface area contributed by atoms with E-state index in [1.165, 1.54) is 0 Å². The van der Waals surface area contributed by atoms with Gasteiger partial charge >= 0.3 is 14.4 Å². The molecule has 0 aromatic heterocycles. The monoisotopic (exact) mass is 99.1 g/mol. The minimum Gasteiger partial charge on any atom is -0.354 e. The van der Waals surface area contributed by atoms with Crippen molar-refractivity contribution in [1.29, 1.82) is 0 Å². The Kier molecular flexibility index (Phi) is 1.40. The van der Waals surface area contributed by atoms with Crippen molar-refractivity contribution in [2.24, 2.45) is 0 Å². The van der Waals surface area contributed by atoms with Crippen LogP contribution in [0.2, 0.25) is 12.4 Å². The van der Waals surface area contributed by atoms with Crippen LogP contribution in [0.25, 0.3) is 0 Å². The predicted octanol–water partition coefficient (Wildman–Crippen LogP) is 0.620. The van der Waals surface area contributed by atoms with Crippen LogP contribution in [0.3, 0.4) is 0 Å². The minimum atomic E-state index is -0.725. The van der Waals surface area contributed by atoms with Gasteiger partial charge in [-0.2, -0.15) is 0 Å². The third kappa shape index (κ3) is 0.985. The Hall–Kier alpha value is 0.0548. The van der Waals surface area contributed by atoms with E-state index in [-0.39, 0.29) is 6.60 Å². The van der Waals surface area contributed by atoms with E-state index in [9.17, 15) is 8.63 Å². The maximum atomic E-state index is 11.8. The largest absolute Gasteiger partial charge is 0.354 e. The van der Waals surface area contributed by atoms with Gasteiger partial charge in [-0.3, -0.25) is 0 Å². The smallest absolute Gasteiger partial charge is 0.333 e. The highest BCUT2D eigenvalue weighted by Gasteiger charge is 2.37. The van der Waals surface area contributed by atoms with E-state index in [4.69, 9.17) is 0 Å². The lowest BCUT2D eigenvalue weighted by Crippen LogP contribution is -2.40. The highest BCUT2D eigenvalue weighted by atomic mass is 19.1. The maximum absolute atomic E-state index is 11.8. The molecule has 0 spiro atoms. The van der Waals surface area contributed by atoms with E-state index >= 15 is 0 Å². The molecule has 0 nitrogen and oxygen atoms in total. The topological polar surface area (TPSA) is 0 Å². The van der Waals surface area contributed by atoms with Crippen LogP contribution in [0.15, 0.2) is 0 Å². The van der Waals surface area contributed by atoms with E-state index in [1.54, 1.807) is 0 Å². The molecule has 0 N–H and O–H groups in total. The van der Waals surface area contributed by atoms with Gasteiger partial charge in [0.15, 0.2) is 0 Å². The standard InChI is InChI=1S/C2H4B3F2/c6-3-4-1-5(7)2-4/h1-2H2. The summed E-state index contributed by atoms with van der Waals surface area (Å²) in [6.07, 6.45) is 0.799. The van der Waals surface area contributed by atoms with Gasteiger partial charge < -0.3 is 8.63 Å². The third-order valence-corrected chi connectivity index (χ3v) is 1.30. The first kappa shape index (κ1) is 5.20. The molecule has 1 radical (unpaired) electrons. The molecule has 35 valence electrons. The average molecular weight is 98.5 g/mol. The summed E-state index contributed by atoms with van der Waals surface area (Å²) in [6.45, 7) is -0.799. The molecule has 0 unspecified atom stereocenters. The molecule has 1 heterocycles. The van der Waals surface area contributed by atoms with Gasteiger partial charge in [-0.1, -0.05) is 12.4 Å². The molecule has 1 aliphatic rings. The van der Waals surface area contributed by atoms with Gasteiger partial charge in [-0.05, 0) is 0 Å². The van der Waals surface area contributed by atoms with Gasteiger partial charge in [0.2, 0.25) is 0 Å². The molecule has 1 rings (SSSR count). The Morgan fingerprint density at radius 1 is 1.43 bits per heavy atom. The van der Waals surface area contributed by atoms with Crippen LogP contribution in [0.1, 0.15) is 0 Å². The van der Waals surface area contributed by atoms with Gasteiger partial charge in [0.1, 0.15) is 6.60 Å². The van der Waals surface area contributed by atoms with Crippen LogP contribution in [-0.2, 0) is 0 Å². The molecule has 0 bridgehead atoms. The van der Waals surface area contributed by atoms with Crippen LogP contribution in [0.5, 0.6) is 0 Å². The van der Waals surface area contributed by atoms with E-state index in [0.29, 0.717) is 19.9 Å². The fraction of sp³-hybridized carbons (Fsp3) is 1.00. The van der Waals surface area contributed by atoms with Gasteiger partial charge in [0.25, 0.3) is 0 Å². The van der Waals surface area contributed by atoms with Gasteiger partial charge in [0, 0.05) is 0 Å². The first-order valence-corrected chi connectivity index (χ1v) is 2.40. The first-order chi connectivity index (χ1) is 3.33. The summed E-state index contributed by atoms with van der Waals surface area (Å²) in [5.74, 6) is 0. The Bertz CT molecular complexity index is 62.0. The second kappa shape index (κ2) is 1.89. The molecule has 0 atom stereocenters. The van der Waals surface area contributed by atoms with Gasteiger partial charge in [-0.25, -0.2) is 0 Å². The lowest BCUT2D eigenvalue weighted by molar-refractivity contribution is 0.823. The minimum absolute atomic E-state index is 0.0741. The number of rotatable bonds is 1. The molecular formula is C2H4B3F2. The van der Waals surface area contributed by atoms with Crippen molar-refractivity contribution in [3.05, 3.63) is 0 Å². The Labute approximate surface area is 43.1 Å². The van der Waals surface area contributed by atoms with Crippen molar-refractivity contribution in [3.8, 4) is 0 Å². The zero-order valence-electron chi connectivity index (χ0n) is 3.90. The zero-order valence-corrected chi connectivity index (χ0v) is 3.90. The van der Waals surface area contributed by atoms with Crippen molar-refractivity contribution in [3.63, 3.8) is 0 Å². The van der Waals surface area contributed by atoms with Crippen molar-refractivity contribution in [2.45, 2.75) is 12.4 Å². The normalized spacial score (nSPS) is 19.1. The Balaban J connectivity index is 2.06. The molecule has 0 aliphatic carbocycles. The highest BCUT2D eigenvalue weighted by Crippen LogP contribution is 2.19. The summed E-state index contributed by atoms with van der Waals surface area (Å²) >= 11 is 0. The zero-order chi connectivity index (χ0) is 5.28. The van der Waals surface area contributed by atoms with Crippen molar-refractivity contribution in [2.75, 3.05) is 0 Å². The molecule has 7 heavy (non-hydrogen) atoms. The second-order valence-electron chi connectivity index (χ2n) is 1.95. The van der Waals surface area contributed by atoms with Crippen LogP contribution in [0, 0.1) is 0 Å². The fourth-order valence-corrected chi connectivity index (χ4v) is 0.691. The van der Waals surface area contributed by atoms with Crippen LogP contribution in [0.4, 0.5) is 8.63 Å². The number of hydrogen-bond acceptors (Lipinski definition) is 0. The summed E-state index contributed by atoms with van der Waals surface area (Å²) in [4.78, 5) is 0. The van der Waals surface area contributed by atoms with Crippen molar-refractivity contribution < 1.29 is 8.63 Å². The average Bonchev–Trinajstić information content (AvgIpc) is 1.58.